The predicted octanol–water partition coefficient (Wildman–Crippen LogP) is 16.7. The van der Waals surface area contributed by atoms with Crippen LogP contribution in [0.2, 0.25) is 0 Å². The Balaban J connectivity index is 0.653. The maximum Gasteiger partial charge on any atom is 0.363 e. The summed E-state index contributed by atoms with van der Waals surface area (Å²) in [6, 6.07) is 46.4. The summed E-state index contributed by atoms with van der Waals surface area (Å²) in [5.74, 6) is 0.441. The molecule has 0 radical (unpaired) electrons. The lowest BCUT2D eigenvalue weighted by molar-refractivity contribution is -0.178. The molecule has 2 amide bonds. The zero-order valence-electron chi connectivity index (χ0n) is 65.7. The van der Waals surface area contributed by atoms with Crippen molar-refractivity contribution in [3.63, 3.8) is 0 Å². The quantitative estimate of drug-likeness (QED) is 0.0307. The number of carbonyl (C=O) groups excluding carboxylic acids is 6. The van der Waals surface area contributed by atoms with Gasteiger partial charge >= 0.3 is 23.9 Å². The van der Waals surface area contributed by atoms with Crippen LogP contribution in [0.5, 0.6) is 11.5 Å². The molecular formula is C89H98N10O12S2. The number of para-hydroxylation sites is 2. The third-order valence-electron chi connectivity index (χ3n) is 21.5. The number of ether oxygens (including phenoxy) is 6. The Kier molecular flexibility index (Phi) is 24.3. The molecule has 22 nitrogen and oxygen atoms in total. The number of esters is 4. The first-order valence-electron chi connectivity index (χ1n) is 39.2. The highest BCUT2D eigenvalue weighted by Crippen LogP contribution is 2.40. The zero-order chi connectivity index (χ0) is 79.1. The van der Waals surface area contributed by atoms with Gasteiger partial charge in [-0.3, -0.25) is 34.8 Å². The van der Waals surface area contributed by atoms with Crippen molar-refractivity contribution < 1.29 is 57.2 Å². The summed E-state index contributed by atoms with van der Waals surface area (Å²) in [7, 11) is 1.42. The maximum atomic E-state index is 15.5. The molecule has 0 aliphatic carbocycles. The largest absolute Gasteiger partial charge is 0.493 e. The minimum absolute atomic E-state index is 0.0111. The first kappa shape index (κ1) is 79.0. The van der Waals surface area contributed by atoms with Gasteiger partial charge in [0.05, 0.1) is 47.3 Å². The lowest BCUT2D eigenvalue weighted by Gasteiger charge is -2.36. The van der Waals surface area contributed by atoms with Gasteiger partial charge in [0.2, 0.25) is 0 Å². The highest BCUT2D eigenvalue weighted by atomic mass is 32.1. The van der Waals surface area contributed by atoms with Gasteiger partial charge in [0, 0.05) is 61.5 Å². The van der Waals surface area contributed by atoms with Crippen LogP contribution >= 0.6 is 22.7 Å². The fourth-order valence-electron chi connectivity index (χ4n) is 15.7. The van der Waals surface area contributed by atoms with E-state index >= 15 is 4.79 Å². The van der Waals surface area contributed by atoms with Crippen molar-refractivity contribution >= 4 is 101 Å². The predicted molar refractivity (Wildman–Crippen MR) is 442 cm³/mol. The van der Waals surface area contributed by atoms with Gasteiger partial charge in [-0.05, 0) is 262 Å². The number of aromatic nitrogens is 4. The van der Waals surface area contributed by atoms with E-state index in [0.717, 1.165) is 111 Å². The lowest BCUT2D eigenvalue weighted by atomic mass is 9.92. The number of hydrogen-bond donors (Lipinski definition) is 2. The number of thiazole rings is 2. The number of rotatable bonds is 25. The topological polar surface area (TPSA) is 246 Å². The Hall–Kier alpha value is -10.7. The highest BCUT2D eigenvalue weighted by molar-refractivity contribution is 7.22. The number of amides is 2. The molecule has 0 spiro atoms. The van der Waals surface area contributed by atoms with Crippen molar-refractivity contribution in [2.45, 2.75) is 150 Å². The number of anilines is 4. The summed E-state index contributed by atoms with van der Waals surface area (Å²) in [5.41, 5.74) is 9.25. The number of fused-ring (bicyclic) bond motifs is 4. The number of nitrogens with zero attached hydrogens (tertiary/aromatic N) is 8. The molecule has 14 rings (SSSR count). The lowest BCUT2D eigenvalue weighted by Crippen LogP contribution is -2.50. The van der Waals surface area contributed by atoms with E-state index in [1.54, 1.807) is 20.8 Å². The van der Waals surface area contributed by atoms with Crippen LogP contribution in [-0.4, -0.2) is 149 Å². The molecular weight excluding hydrogens is 1470 g/mol. The van der Waals surface area contributed by atoms with Crippen LogP contribution in [0.1, 0.15) is 168 Å². The SMILES string of the molecule is COC(=O)CN1CCC(CCCOc2cccc(-c3ccc(N4CCc5cccc(C(=O)Nc6nc7ccccc7s6)c5C4)nc3C(=O)OC(C(=O)OC(C)(C)C)N3CCC(CCCOc4cccc(-c5ccc(N6CCc7cccc(C(=O)Nc8nc9ccccc9s8)c7C6)nc5C(=O)OC(C)(C)C)c4C)CC3)c2C)CC1. The fourth-order valence-corrected chi connectivity index (χ4v) is 17.4. The number of carbonyl (C=O) groups is 6. The van der Waals surface area contributed by atoms with Crippen molar-refractivity contribution in [2.75, 3.05) is 86.6 Å². The number of piperidine rings is 2. The first-order valence-corrected chi connectivity index (χ1v) is 40.8. The first-order chi connectivity index (χ1) is 54.5. The molecule has 4 aromatic heterocycles. The number of hydrogen-bond acceptors (Lipinski definition) is 22. The van der Waals surface area contributed by atoms with Gasteiger partial charge in [0.1, 0.15) is 34.3 Å². The van der Waals surface area contributed by atoms with E-state index in [1.165, 1.54) is 29.8 Å². The van der Waals surface area contributed by atoms with Crippen LogP contribution in [0.25, 0.3) is 42.7 Å². The van der Waals surface area contributed by atoms with E-state index in [4.69, 9.17) is 38.4 Å². The van der Waals surface area contributed by atoms with E-state index in [-0.39, 0.29) is 35.1 Å². The molecule has 8 heterocycles. The Morgan fingerprint density at radius 2 is 0.965 bits per heavy atom. The second kappa shape index (κ2) is 34.8. The molecule has 1 atom stereocenters. The van der Waals surface area contributed by atoms with Gasteiger partial charge in [0.25, 0.3) is 18.0 Å². The molecule has 2 saturated heterocycles. The zero-order valence-corrected chi connectivity index (χ0v) is 67.4. The Labute approximate surface area is 667 Å². The van der Waals surface area contributed by atoms with Crippen molar-refractivity contribution in [3.05, 3.63) is 201 Å². The minimum Gasteiger partial charge on any atom is -0.493 e. The molecule has 6 aromatic carbocycles. The molecule has 0 bridgehead atoms. The minimum atomic E-state index is -1.40. The molecule has 2 N–H and O–H groups in total. The van der Waals surface area contributed by atoms with Crippen LogP contribution in [0, 0.1) is 25.7 Å². The van der Waals surface area contributed by atoms with Crippen LogP contribution in [0.15, 0.2) is 146 Å². The van der Waals surface area contributed by atoms with E-state index in [2.05, 4.69) is 41.4 Å². The summed E-state index contributed by atoms with van der Waals surface area (Å²) in [5, 5.41) is 7.12. The number of methoxy groups -OCH3 is 1. The van der Waals surface area contributed by atoms with Gasteiger partial charge in [-0.1, -0.05) is 95.5 Å². The third-order valence-corrected chi connectivity index (χ3v) is 23.4. The van der Waals surface area contributed by atoms with Crippen LogP contribution < -0.4 is 29.9 Å². The summed E-state index contributed by atoms with van der Waals surface area (Å²) in [4.78, 5) is 112. The molecule has 2 fully saturated rings. The smallest absolute Gasteiger partial charge is 0.363 e. The molecule has 1 unspecified atom stereocenters. The molecule has 113 heavy (non-hydrogen) atoms. The normalized spacial score (nSPS) is 15.4. The Bertz CT molecular complexity index is 5120. The monoisotopic (exact) mass is 1560 g/mol. The number of likely N-dealkylation sites (tertiary alicyclic amines) is 2. The van der Waals surface area contributed by atoms with E-state index in [9.17, 15) is 24.0 Å². The van der Waals surface area contributed by atoms with Crippen molar-refractivity contribution in [1.82, 2.24) is 29.7 Å². The standard InChI is InChI=1S/C89H98N10O12S2/c1-55-61(24-16-30-71(55)107-50-18-20-57-38-44-96(45-39-57)54-77(100)106-9)63-34-36-75(98-48-42-59-22-14-26-65(67(59)52-98)80(101)94-86-90-69-28-10-12-32-73(69)112-86)92-78(63)83(103)109-82(85(105)111-89(6,7)8)97-46-40-58(41-47-97)21-19-51-108-72-31-17-25-62(56(72)2)64-35-37-76(93-79(64)84(104)110-88(3,4)5)99-49-43-60-23-15-27-66(68(60)53-99)81(102)95-87-91-70-29-11-13-33-74(70)113-87/h10-17,22-37,57-58,82H,18-21,38-54H2,1-9H3,(H,90,94,101)(H,91,95,102). The highest BCUT2D eigenvalue weighted by Gasteiger charge is 2.39. The van der Waals surface area contributed by atoms with Crippen LogP contribution in [0.3, 0.4) is 0 Å². The average molecular weight is 1560 g/mol. The third kappa shape index (κ3) is 19.0. The van der Waals surface area contributed by atoms with Crippen molar-refractivity contribution in [2.24, 2.45) is 11.8 Å². The van der Waals surface area contributed by atoms with Gasteiger partial charge in [-0.25, -0.2) is 34.3 Å². The number of benzene rings is 6. The number of pyridine rings is 2. The molecule has 4 aliphatic heterocycles. The molecule has 24 heteroatoms. The fraction of sp³-hybridized carbons (Fsp3) is 0.393. The molecule has 10 aromatic rings. The van der Waals surface area contributed by atoms with Crippen LogP contribution in [-0.2, 0) is 54.5 Å². The van der Waals surface area contributed by atoms with Crippen molar-refractivity contribution in [3.8, 4) is 33.8 Å². The van der Waals surface area contributed by atoms with E-state index in [1.807, 2.05) is 179 Å². The summed E-state index contributed by atoms with van der Waals surface area (Å²) in [6.45, 7) is 20.5. The second-order valence-electron chi connectivity index (χ2n) is 31.6. The molecule has 588 valence electrons. The van der Waals surface area contributed by atoms with Crippen LogP contribution in [0.4, 0.5) is 21.9 Å². The van der Waals surface area contributed by atoms with Gasteiger partial charge in [-0.15, -0.1) is 0 Å². The molecule has 4 aliphatic rings. The van der Waals surface area contributed by atoms with E-state index in [0.29, 0.717) is 152 Å². The van der Waals surface area contributed by atoms with Gasteiger partial charge in [-0.2, -0.15) is 0 Å². The van der Waals surface area contributed by atoms with Gasteiger partial charge in [0.15, 0.2) is 21.7 Å². The average Bonchev–Trinajstić information content (AvgIpc) is 1.28. The molecule has 0 saturated carbocycles. The summed E-state index contributed by atoms with van der Waals surface area (Å²) >= 11 is 2.85. The second-order valence-corrected chi connectivity index (χ2v) is 33.7. The Morgan fingerprint density at radius 1 is 0.504 bits per heavy atom. The van der Waals surface area contributed by atoms with Gasteiger partial charge < -0.3 is 38.2 Å². The van der Waals surface area contributed by atoms with Crippen molar-refractivity contribution in [1.29, 1.82) is 0 Å². The summed E-state index contributed by atoms with van der Waals surface area (Å²) < 4.78 is 38.6. The number of nitrogens with one attached hydrogen (secondary N) is 2. The van der Waals surface area contributed by atoms with E-state index < -0.39 is 35.3 Å². The Morgan fingerprint density at radius 3 is 1.43 bits per heavy atom. The maximum absolute atomic E-state index is 15.5. The summed E-state index contributed by atoms with van der Waals surface area (Å²) in [6.07, 6.45) is 6.71.